The third-order valence-corrected chi connectivity index (χ3v) is 6.29. The summed E-state index contributed by atoms with van der Waals surface area (Å²) in [6.45, 7) is 10.5. The van der Waals surface area contributed by atoms with Gasteiger partial charge in [-0.15, -0.1) is 0 Å². The molecule has 0 aromatic carbocycles. The predicted molar refractivity (Wildman–Crippen MR) is 110 cm³/mol. The number of hydrogen-bond donors (Lipinski definition) is 1. The molecule has 2 aromatic rings. The van der Waals surface area contributed by atoms with E-state index in [-0.39, 0.29) is 5.43 Å². The van der Waals surface area contributed by atoms with Crippen LogP contribution in [0.3, 0.4) is 0 Å². The van der Waals surface area contributed by atoms with Gasteiger partial charge < -0.3 is 9.88 Å². The minimum absolute atomic E-state index is 0.153. The number of likely N-dealkylation sites (N-methyl/N-ethyl adjacent to an activating group) is 1. The predicted octanol–water partition coefficient (Wildman–Crippen LogP) is 1.34. The zero-order valence-corrected chi connectivity index (χ0v) is 17.5. The normalized spacial score (nSPS) is 20.8. The number of aryl methyl sites for hydroxylation is 1. The molecular formula is C21H32N6O. The first-order valence-corrected chi connectivity index (χ1v) is 10.2. The number of aromatic amines is 1. The summed E-state index contributed by atoms with van der Waals surface area (Å²) in [6, 6.07) is 2.92. The lowest BCUT2D eigenvalue weighted by molar-refractivity contribution is 0.202. The highest BCUT2D eigenvalue weighted by Crippen LogP contribution is 2.20. The van der Waals surface area contributed by atoms with Crippen LogP contribution in [0.25, 0.3) is 0 Å². The third-order valence-electron chi connectivity index (χ3n) is 6.29. The molecule has 1 atom stereocenters. The smallest absolute Gasteiger partial charge is 0.187 e. The number of hydrogen-bond acceptors (Lipinski definition) is 5. The number of nitrogens with one attached hydrogen (secondary N) is 1. The van der Waals surface area contributed by atoms with Gasteiger partial charge in [0.05, 0.1) is 17.9 Å². The fraction of sp³-hybridized carbons (Fsp3) is 0.619. The van der Waals surface area contributed by atoms with Crippen LogP contribution in [-0.2, 0) is 26.2 Å². The van der Waals surface area contributed by atoms with Crippen LogP contribution in [0.4, 0.5) is 0 Å². The van der Waals surface area contributed by atoms with Gasteiger partial charge in [-0.05, 0) is 40.4 Å². The highest BCUT2D eigenvalue weighted by molar-refractivity contribution is 5.23. The van der Waals surface area contributed by atoms with E-state index in [1.807, 2.05) is 20.0 Å². The quantitative estimate of drug-likeness (QED) is 0.843. The molecule has 1 saturated heterocycles. The number of aromatic nitrogens is 3. The summed E-state index contributed by atoms with van der Waals surface area (Å²) in [5.74, 6) is 0. The first-order chi connectivity index (χ1) is 13.4. The van der Waals surface area contributed by atoms with E-state index in [2.05, 4.69) is 44.5 Å². The Labute approximate surface area is 166 Å². The molecule has 0 aliphatic carbocycles. The standard InChI is InChI=1S/C21H32N6O/c1-15-10-22-20(16(2)21(15)28)14-26-7-8-27-19(13-26)9-17(23-27)11-25-6-5-18(12-25)24(3)4/h9-10,18H,5-8,11-14H2,1-4H3,(H,22,28). The molecule has 0 radical (unpaired) electrons. The second-order valence-corrected chi connectivity index (χ2v) is 8.61. The zero-order chi connectivity index (χ0) is 19.8. The monoisotopic (exact) mass is 384 g/mol. The minimum Gasteiger partial charge on any atom is -0.363 e. The van der Waals surface area contributed by atoms with Crippen molar-refractivity contribution in [1.82, 2.24) is 29.5 Å². The largest absolute Gasteiger partial charge is 0.363 e. The summed E-state index contributed by atoms with van der Waals surface area (Å²) in [5.41, 5.74) is 5.24. The number of likely N-dealkylation sites (tertiary alicyclic amines) is 1. The van der Waals surface area contributed by atoms with E-state index >= 15 is 0 Å². The van der Waals surface area contributed by atoms with Gasteiger partial charge in [-0.3, -0.25) is 19.3 Å². The Hall–Kier alpha value is -1.96. The molecule has 2 aliphatic rings. The van der Waals surface area contributed by atoms with E-state index in [0.29, 0.717) is 6.04 Å². The molecule has 1 fully saturated rings. The minimum atomic E-state index is 0.153. The lowest BCUT2D eigenvalue weighted by Gasteiger charge is -2.27. The van der Waals surface area contributed by atoms with Crippen LogP contribution < -0.4 is 5.43 Å². The Bertz CT molecular complexity index is 899. The van der Waals surface area contributed by atoms with Gasteiger partial charge >= 0.3 is 0 Å². The molecule has 7 heteroatoms. The first-order valence-electron chi connectivity index (χ1n) is 10.2. The average Bonchev–Trinajstić information content (AvgIpc) is 3.28. The highest BCUT2D eigenvalue weighted by Gasteiger charge is 2.25. The fourth-order valence-electron chi connectivity index (χ4n) is 4.39. The van der Waals surface area contributed by atoms with Crippen LogP contribution in [0.2, 0.25) is 0 Å². The maximum atomic E-state index is 12.2. The molecule has 1 N–H and O–H groups in total. The van der Waals surface area contributed by atoms with Crippen molar-refractivity contribution in [3.63, 3.8) is 0 Å². The van der Waals surface area contributed by atoms with Crippen molar-refractivity contribution in [3.8, 4) is 0 Å². The van der Waals surface area contributed by atoms with Crippen LogP contribution in [0.1, 0.15) is 34.6 Å². The molecular weight excluding hydrogens is 352 g/mol. The topological polar surface area (TPSA) is 60.4 Å². The maximum absolute atomic E-state index is 12.2. The summed E-state index contributed by atoms with van der Waals surface area (Å²) in [7, 11) is 4.34. The van der Waals surface area contributed by atoms with Crippen LogP contribution in [0.15, 0.2) is 17.1 Å². The molecule has 0 spiro atoms. The molecule has 7 nitrogen and oxygen atoms in total. The van der Waals surface area contributed by atoms with E-state index in [1.165, 1.54) is 17.8 Å². The number of H-pyrrole nitrogens is 1. The molecule has 1 unspecified atom stereocenters. The molecule has 0 amide bonds. The lowest BCUT2D eigenvalue weighted by Crippen LogP contribution is -2.34. The van der Waals surface area contributed by atoms with Gasteiger partial charge in [0.25, 0.3) is 0 Å². The van der Waals surface area contributed by atoms with E-state index in [1.54, 1.807) is 0 Å². The van der Waals surface area contributed by atoms with E-state index < -0.39 is 0 Å². The second kappa shape index (κ2) is 7.81. The van der Waals surface area contributed by atoms with Gasteiger partial charge in [-0.1, -0.05) is 0 Å². The maximum Gasteiger partial charge on any atom is 0.187 e. The average molecular weight is 385 g/mol. The molecule has 4 rings (SSSR count). The highest BCUT2D eigenvalue weighted by atomic mass is 16.1. The first kappa shape index (κ1) is 19.4. The van der Waals surface area contributed by atoms with Crippen LogP contribution >= 0.6 is 0 Å². The van der Waals surface area contributed by atoms with Gasteiger partial charge in [-0.25, -0.2) is 0 Å². The van der Waals surface area contributed by atoms with Gasteiger partial charge in [0, 0.05) is 68.3 Å². The van der Waals surface area contributed by atoms with Gasteiger partial charge in [0.2, 0.25) is 0 Å². The van der Waals surface area contributed by atoms with Crippen molar-refractivity contribution in [1.29, 1.82) is 0 Å². The number of pyridine rings is 1. The molecule has 4 heterocycles. The van der Waals surface area contributed by atoms with E-state index in [0.717, 1.165) is 62.6 Å². The SMILES string of the molecule is Cc1c[nH]c(CN2CCn3nc(CN4CCC(N(C)C)C4)cc3C2)c(C)c1=O. The van der Waals surface area contributed by atoms with Crippen molar-refractivity contribution >= 4 is 0 Å². The second-order valence-electron chi connectivity index (χ2n) is 8.61. The Balaban J connectivity index is 1.40. The summed E-state index contributed by atoms with van der Waals surface area (Å²) in [5, 5.41) is 4.85. The van der Waals surface area contributed by atoms with Crippen LogP contribution in [0.5, 0.6) is 0 Å². The van der Waals surface area contributed by atoms with E-state index in [9.17, 15) is 4.79 Å². The molecule has 0 saturated carbocycles. The van der Waals surface area contributed by atoms with Crippen molar-refractivity contribution in [2.75, 3.05) is 33.7 Å². The Morgan fingerprint density at radius 1 is 1.18 bits per heavy atom. The number of fused-ring (bicyclic) bond motifs is 1. The van der Waals surface area contributed by atoms with E-state index in [4.69, 9.17) is 5.10 Å². The van der Waals surface area contributed by atoms with Gasteiger partial charge in [0.15, 0.2) is 5.43 Å². The Morgan fingerprint density at radius 2 is 2.00 bits per heavy atom. The van der Waals surface area contributed by atoms with Gasteiger partial charge in [0.1, 0.15) is 0 Å². The van der Waals surface area contributed by atoms with Crippen molar-refractivity contribution in [3.05, 3.63) is 50.7 Å². The molecule has 2 aliphatic heterocycles. The summed E-state index contributed by atoms with van der Waals surface area (Å²) in [6.07, 6.45) is 3.07. The molecule has 0 bridgehead atoms. The molecule has 28 heavy (non-hydrogen) atoms. The molecule has 2 aromatic heterocycles. The van der Waals surface area contributed by atoms with Gasteiger partial charge in [-0.2, -0.15) is 5.10 Å². The summed E-state index contributed by atoms with van der Waals surface area (Å²) in [4.78, 5) is 22.7. The number of nitrogens with zero attached hydrogens (tertiary/aromatic N) is 5. The van der Waals surface area contributed by atoms with Crippen LogP contribution in [0, 0.1) is 13.8 Å². The van der Waals surface area contributed by atoms with Crippen molar-refractivity contribution in [2.24, 2.45) is 0 Å². The third kappa shape index (κ3) is 3.92. The summed E-state index contributed by atoms with van der Waals surface area (Å²) >= 11 is 0. The fourth-order valence-corrected chi connectivity index (χ4v) is 4.39. The summed E-state index contributed by atoms with van der Waals surface area (Å²) < 4.78 is 2.16. The lowest BCUT2D eigenvalue weighted by atomic mass is 10.1. The van der Waals surface area contributed by atoms with Crippen molar-refractivity contribution < 1.29 is 0 Å². The number of rotatable bonds is 5. The Kier molecular flexibility index (Phi) is 5.40. The van der Waals surface area contributed by atoms with Crippen LogP contribution in [-0.4, -0.2) is 69.2 Å². The Morgan fingerprint density at radius 3 is 2.75 bits per heavy atom. The molecule has 152 valence electrons. The van der Waals surface area contributed by atoms with Crippen molar-refractivity contribution in [2.45, 2.75) is 52.5 Å². The zero-order valence-electron chi connectivity index (χ0n) is 17.5.